The molecule has 1 amide bonds. The van der Waals surface area contributed by atoms with Crippen LogP contribution >= 0.6 is 23.2 Å². The lowest BCUT2D eigenvalue weighted by atomic mass is 10.2. The predicted octanol–water partition coefficient (Wildman–Crippen LogP) is 5.49. The monoisotopic (exact) mass is 408 g/mol. The van der Waals surface area contributed by atoms with Crippen LogP contribution < -0.4 is 5.32 Å². The molecule has 0 aliphatic carbocycles. The number of halogens is 2. The lowest BCUT2D eigenvalue weighted by Gasteiger charge is -2.08. The van der Waals surface area contributed by atoms with Gasteiger partial charge in [-0.1, -0.05) is 71.7 Å². The van der Waals surface area contributed by atoms with Gasteiger partial charge in [0.15, 0.2) is 5.82 Å². The van der Waals surface area contributed by atoms with E-state index < -0.39 is 5.91 Å². The van der Waals surface area contributed by atoms with Crippen LogP contribution in [0.2, 0.25) is 10.0 Å². The fraction of sp³-hybridized carbons (Fsp3) is 0. The number of para-hydroxylation sites is 1. The molecule has 7 heteroatoms. The third-order valence-electron chi connectivity index (χ3n) is 4.01. The summed E-state index contributed by atoms with van der Waals surface area (Å²) in [6.07, 6.45) is 0. The summed E-state index contributed by atoms with van der Waals surface area (Å²) in [6, 6.07) is 23.7. The maximum absolute atomic E-state index is 12.7. The van der Waals surface area contributed by atoms with Crippen molar-refractivity contribution in [1.29, 1.82) is 0 Å². The molecule has 0 atom stereocenters. The van der Waals surface area contributed by atoms with Crippen LogP contribution in [0.3, 0.4) is 0 Å². The zero-order valence-corrected chi connectivity index (χ0v) is 16.0. The number of amides is 1. The average Bonchev–Trinajstić information content (AvgIpc) is 3.15. The quantitative estimate of drug-likeness (QED) is 0.485. The van der Waals surface area contributed by atoms with Crippen LogP contribution in [0.5, 0.6) is 0 Å². The van der Waals surface area contributed by atoms with E-state index in [1.54, 1.807) is 35.0 Å². The molecule has 138 valence electrons. The van der Waals surface area contributed by atoms with Gasteiger partial charge in [0.2, 0.25) is 5.82 Å². The van der Waals surface area contributed by atoms with Gasteiger partial charge in [-0.3, -0.25) is 4.79 Å². The molecule has 0 fully saturated rings. The van der Waals surface area contributed by atoms with Crippen molar-refractivity contribution in [1.82, 2.24) is 14.8 Å². The fourth-order valence-corrected chi connectivity index (χ4v) is 3.20. The molecule has 0 saturated carbocycles. The topological polar surface area (TPSA) is 59.8 Å². The summed E-state index contributed by atoms with van der Waals surface area (Å²) in [7, 11) is 0. The zero-order valence-electron chi connectivity index (χ0n) is 14.5. The average molecular weight is 409 g/mol. The summed E-state index contributed by atoms with van der Waals surface area (Å²) in [5.74, 6) is 0.129. The first kappa shape index (κ1) is 18.2. The molecule has 4 aromatic rings. The Morgan fingerprint density at radius 2 is 1.57 bits per heavy atom. The fourth-order valence-electron chi connectivity index (χ4n) is 2.71. The Hall–Kier alpha value is -3.15. The molecule has 0 bridgehead atoms. The smallest absolute Gasteiger partial charge is 0.295 e. The van der Waals surface area contributed by atoms with Gasteiger partial charge in [0.25, 0.3) is 5.91 Å². The number of hydrogen-bond acceptors (Lipinski definition) is 3. The van der Waals surface area contributed by atoms with Crippen LogP contribution in [0.25, 0.3) is 17.1 Å². The molecule has 0 spiro atoms. The van der Waals surface area contributed by atoms with E-state index in [-0.39, 0.29) is 5.82 Å². The molecule has 0 aliphatic rings. The van der Waals surface area contributed by atoms with E-state index in [1.165, 1.54) is 0 Å². The van der Waals surface area contributed by atoms with E-state index in [1.807, 2.05) is 48.5 Å². The van der Waals surface area contributed by atoms with E-state index in [4.69, 9.17) is 23.2 Å². The SMILES string of the molecule is O=C(Nc1ccccc1)c1nc(-c2ccccc2)n(-c2ccc(Cl)cc2Cl)n1. The molecule has 4 rings (SSSR count). The minimum atomic E-state index is -0.410. The van der Waals surface area contributed by atoms with E-state index >= 15 is 0 Å². The molecule has 0 saturated heterocycles. The number of nitrogens with zero attached hydrogens (tertiary/aromatic N) is 3. The first-order chi connectivity index (χ1) is 13.6. The van der Waals surface area contributed by atoms with Gasteiger partial charge in [0.1, 0.15) is 0 Å². The number of anilines is 1. The Bertz CT molecular complexity index is 1130. The minimum absolute atomic E-state index is 0.0359. The normalized spacial score (nSPS) is 10.6. The number of carbonyl (C=O) groups excluding carboxylic acids is 1. The van der Waals surface area contributed by atoms with Gasteiger partial charge < -0.3 is 5.32 Å². The highest BCUT2D eigenvalue weighted by Crippen LogP contribution is 2.28. The van der Waals surface area contributed by atoms with Crippen molar-refractivity contribution in [2.45, 2.75) is 0 Å². The molecule has 0 aliphatic heterocycles. The summed E-state index contributed by atoms with van der Waals surface area (Å²) in [5.41, 5.74) is 2.05. The number of aromatic nitrogens is 3. The predicted molar refractivity (Wildman–Crippen MR) is 111 cm³/mol. The molecule has 1 N–H and O–H groups in total. The second-order valence-corrected chi connectivity index (χ2v) is 6.80. The number of nitrogens with one attached hydrogen (secondary N) is 1. The Morgan fingerprint density at radius 1 is 0.893 bits per heavy atom. The number of rotatable bonds is 4. The van der Waals surface area contributed by atoms with Crippen LogP contribution in [0, 0.1) is 0 Å². The van der Waals surface area contributed by atoms with Gasteiger partial charge in [0.05, 0.1) is 10.7 Å². The highest BCUT2D eigenvalue weighted by Gasteiger charge is 2.20. The van der Waals surface area contributed by atoms with Gasteiger partial charge in [-0.15, -0.1) is 5.10 Å². The number of hydrogen-bond donors (Lipinski definition) is 1. The molecule has 3 aromatic carbocycles. The standard InChI is InChI=1S/C21H14Cl2N4O/c22-15-11-12-18(17(23)13-15)27-20(14-7-3-1-4-8-14)25-19(26-27)21(28)24-16-9-5-2-6-10-16/h1-13H,(H,24,28). The van der Waals surface area contributed by atoms with Crippen molar-refractivity contribution in [3.8, 4) is 17.1 Å². The Labute approximate surface area is 171 Å². The summed E-state index contributed by atoms with van der Waals surface area (Å²) in [6.45, 7) is 0. The van der Waals surface area contributed by atoms with Crippen LogP contribution in [0.15, 0.2) is 78.9 Å². The summed E-state index contributed by atoms with van der Waals surface area (Å²) in [5, 5.41) is 8.12. The molecule has 0 unspecified atom stereocenters. The van der Waals surface area contributed by atoms with Gasteiger partial charge in [-0.2, -0.15) is 0 Å². The number of benzene rings is 3. The van der Waals surface area contributed by atoms with Crippen molar-refractivity contribution in [3.63, 3.8) is 0 Å². The molecular weight excluding hydrogens is 395 g/mol. The van der Waals surface area contributed by atoms with E-state index in [2.05, 4.69) is 15.4 Å². The zero-order chi connectivity index (χ0) is 19.5. The maximum atomic E-state index is 12.7. The molecule has 0 radical (unpaired) electrons. The molecule has 28 heavy (non-hydrogen) atoms. The van der Waals surface area contributed by atoms with E-state index in [0.29, 0.717) is 27.2 Å². The first-order valence-corrected chi connectivity index (χ1v) is 9.22. The molecule has 1 aromatic heterocycles. The van der Waals surface area contributed by atoms with Crippen LogP contribution in [0.1, 0.15) is 10.6 Å². The van der Waals surface area contributed by atoms with Crippen molar-refractivity contribution in [3.05, 3.63) is 94.7 Å². The van der Waals surface area contributed by atoms with E-state index in [9.17, 15) is 4.79 Å². The number of carbonyl (C=O) groups is 1. The highest BCUT2D eigenvalue weighted by atomic mass is 35.5. The van der Waals surface area contributed by atoms with Gasteiger partial charge >= 0.3 is 0 Å². The molecule has 1 heterocycles. The summed E-state index contributed by atoms with van der Waals surface area (Å²) in [4.78, 5) is 17.1. The van der Waals surface area contributed by atoms with Crippen molar-refractivity contribution in [2.24, 2.45) is 0 Å². The van der Waals surface area contributed by atoms with Crippen molar-refractivity contribution >= 4 is 34.8 Å². The largest absolute Gasteiger partial charge is 0.319 e. The van der Waals surface area contributed by atoms with Crippen molar-refractivity contribution in [2.75, 3.05) is 5.32 Å². The molecular formula is C21H14Cl2N4O. The van der Waals surface area contributed by atoms with Gasteiger partial charge in [-0.05, 0) is 30.3 Å². The highest BCUT2D eigenvalue weighted by molar-refractivity contribution is 6.35. The molecule has 5 nitrogen and oxygen atoms in total. The van der Waals surface area contributed by atoms with E-state index in [0.717, 1.165) is 5.56 Å². The third kappa shape index (κ3) is 3.76. The Kier molecular flexibility index (Phi) is 5.10. The van der Waals surface area contributed by atoms with Gasteiger partial charge in [0, 0.05) is 16.3 Å². The third-order valence-corrected chi connectivity index (χ3v) is 4.55. The van der Waals surface area contributed by atoms with Crippen molar-refractivity contribution < 1.29 is 4.79 Å². The second kappa shape index (κ2) is 7.84. The van der Waals surface area contributed by atoms with Crippen LogP contribution in [-0.2, 0) is 0 Å². The summed E-state index contributed by atoms with van der Waals surface area (Å²) >= 11 is 12.4. The Balaban J connectivity index is 1.79. The second-order valence-electron chi connectivity index (χ2n) is 5.95. The lowest BCUT2D eigenvalue weighted by Crippen LogP contribution is -2.14. The van der Waals surface area contributed by atoms with Crippen LogP contribution in [-0.4, -0.2) is 20.7 Å². The van der Waals surface area contributed by atoms with Gasteiger partial charge in [-0.25, -0.2) is 9.67 Å². The lowest BCUT2D eigenvalue weighted by molar-refractivity contribution is 0.101. The minimum Gasteiger partial charge on any atom is -0.319 e. The Morgan fingerprint density at radius 3 is 2.25 bits per heavy atom. The summed E-state index contributed by atoms with van der Waals surface area (Å²) < 4.78 is 1.55. The van der Waals surface area contributed by atoms with Crippen LogP contribution in [0.4, 0.5) is 5.69 Å². The maximum Gasteiger partial charge on any atom is 0.295 e. The first-order valence-electron chi connectivity index (χ1n) is 8.46.